The van der Waals surface area contributed by atoms with Crippen molar-refractivity contribution in [3.8, 4) is 5.75 Å². The number of phenols is 1. The molecule has 0 aliphatic heterocycles. The van der Waals surface area contributed by atoms with Crippen LogP contribution in [0.5, 0.6) is 5.75 Å². The number of benzene rings is 1. The third-order valence-electron chi connectivity index (χ3n) is 2.76. The molecule has 0 atom stereocenters. The van der Waals surface area contributed by atoms with Crippen LogP contribution in [0.25, 0.3) is 0 Å². The highest BCUT2D eigenvalue weighted by Gasteiger charge is 2.24. The highest BCUT2D eigenvalue weighted by atomic mass is 16.3. The first-order chi connectivity index (χ1) is 8.54. The highest BCUT2D eigenvalue weighted by molar-refractivity contribution is 6.27. The van der Waals surface area contributed by atoms with Gasteiger partial charge in [0.15, 0.2) is 5.78 Å². The Morgan fingerprint density at radius 2 is 1.94 bits per heavy atom. The third-order valence-corrected chi connectivity index (χ3v) is 2.76. The van der Waals surface area contributed by atoms with Crippen molar-refractivity contribution in [2.75, 3.05) is 12.4 Å². The first kappa shape index (κ1) is 12.4. The average molecular weight is 244 g/mol. The normalized spacial score (nSPS) is 16.2. The summed E-state index contributed by atoms with van der Waals surface area (Å²) in [5.74, 6) is -0.0333. The van der Waals surface area contributed by atoms with E-state index in [-0.39, 0.29) is 17.6 Å². The molecule has 0 radical (unpaired) electrons. The van der Waals surface area contributed by atoms with E-state index >= 15 is 0 Å². The molecule has 4 nitrogen and oxygen atoms in total. The lowest BCUT2D eigenvalue weighted by atomic mass is 9.91. The molecule has 2 N–H and O–H groups in total. The number of phenolic OH excluding ortho intramolecular Hbond substituents is 1. The van der Waals surface area contributed by atoms with Gasteiger partial charge >= 0.3 is 0 Å². The van der Waals surface area contributed by atoms with Gasteiger partial charge in [-0.2, -0.15) is 0 Å². The van der Waals surface area contributed by atoms with Gasteiger partial charge in [-0.1, -0.05) is 0 Å². The molecule has 1 aromatic carbocycles. The molecule has 1 aromatic rings. The molecule has 0 fully saturated rings. The summed E-state index contributed by atoms with van der Waals surface area (Å²) >= 11 is 0. The molecule has 0 bridgehead atoms. The van der Waals surface area contributed by atoms with Crippen LogP contribution in [-0.4, -0.2) is 29.7 Å². The smallest absolute Gasteiger partial charge is 0.188 e. The van der Waals surface area contributed by atoms with Gasteiger partial charge in [-0.15, -0.1) is 0 Å². The number of hydrogen-bond acceptors (Lipinski definition) is 4. The number of aliphatic imine (C=N–C) groups is 1. The Kier molecular flexibility index (Phi) is 3.19. The van der Waals surface area contributed by atoms with Crippen LogP contribution in [0.15, 0.2) is 29.3 Å². The van der Waals surface area contributed by atoms with E-state index in [1.165, 1.54) is 6.08 Å². The van der Waals surface area contributed by atoms with E-state index in [4.69, 9.17) is 0 Å². The fourth-order valence-corrected chi connectivity index (χ4v) is 2.05. The van der Waals surface area contributed by atoms with Crippen LogP contribution in [0.2, 0.25) is 0 Å². The Balaban J connectivity index is 2.67. The third kappa shape index (κ3) is 2.01. The van der Waals surface area contributed by atoms with Crippen LogP contribution < -0.4 is 5.32 Å². The molecular weight excluding hydrogens is 228 g/mol. The predicted molar refractivity (Wildman–Crippen MR) is 72.8 cm³/mol. The zero-order valence-electron chi connectivity index (χ0n) is 10.7. The molecule has 18 heavy (non-hydrogen) atoms. The molecule has 0 unspecified atom stereocenters. The molecule has 2 rings (SSSR count). The van der Waals surface area contributed by atoms with Gasteiger partial charge in [-0.3, -0.25) is 9.79 Å². The topological polar surface area (TPSA) is 61.7 Å². The summed E-state index contributed by atoms with van der Waals surface area (Å²) in [6.45, 7) is 3.99. The standard InChI is InChI=1S/C14H16N2O2/c1-8(2)16-10-5-7-11(17)13-9(15-3)4-6-12(18)14(10)13/h4-8,16-17H,1-3H3. The Labute approximate surface area is 106 Å². The van der Waals surface area contributed by atoms with Crippen molar-refractivity contribution in [1.29, 1.82) is 0 Å². The monoisotopic (exact) mass is 244 g/mol. The van der Waals surface area contributed by atoms with Crippen molar-refractivity contribution in [3.63, 3.8) is 0 Å². The van der Waals surface area contributed by atoms with Gasteiger partial charge < -0.3 is 10.4 Å². The van der Waals surface area contributed by atoms with Crippen molar-refractivity contribution in [1.82, 2.24) is 0 Å². The number of fused-ring (bicyclic) bond motifs is 1. The minimum atomic E-state index is -0.114. The van der Waals surface area contributed by atoms with Gasteiger partial charge in [-0.05, 0) is 38.1 Å². The second-order valence-corrected chi connectivity index (χ2v) is 4.49. The van der Waals surface area contributed by atoms with Gasteiger partial charge in [0.1, 0.15) is 5.75 Å². The van der Waals surface area contributed by atoms with Crippen LogP contribution in [0.1, 0.15) is 29.8 Å². The molecule has 1 aliphatic carbocycles. The number of ketones is 1. The summed E-state index contributed by atoms with van der Waals surface area (Å²) in [5, 5.41) is 13.2. The number of carbonyl (C=O) groups excluding carboxylic acids is 1. The Hall–Kier alpha value is -2.10. The van der Waals surface area contributed by atoms with Gasteiger partial charge in [-0.25, -0.2) is 0 Å². The minimum absolute atomic E-state index is 0.0811. The zero-order chi connectivity index (χ0) is 13.3. The molecule has 94 valence electrons. The van der Waals surface area contributed by atoms with Gasteiger partial charge in [0.05, 0.1) is 16.8 Å². The molecule has 1 aliphatic rings. The van der Waals surface area contributed by atoms with E-state index in [9.17, 15) is 9.90 Å². The number of rotatable bonds is 2. The number of nitrogens with one attached hydrogen (secondary N) is 1. The number of allylic oxidation sites excluding steroid dienone is 2. The van der Waals surface area contributed by atoms with Crippen molar-refractivity contribution >= 4 is 17.2 Å². The van der Waals surface area contributed by atoms with Crippen LogP contribution >= 0.6 is 0 Å². The molecular formula is C14H16N2O2. The summed E-state index contributed by atoms with van der Waals surface area (Å²) in [4.78, 5) is 16.1. The lowest BCUT2D eigenvalue weighted by molar-refractivity contribution is 0.104. The van der Waals surface area contributed by atoms with Crippen LogP contribution in [0.3, 0.4) is 0 Å². The van der Waals surface area contributed by atoms with Crippen molar-refractivity contribution < 1.29 is 9.90 Å². The number of nitrogens with zero attached hydrogens (tertiary/aromatic N) is 1. The second kappa shape index (κ2) is 4.64. The summed E-state index contributed by atoms with van der Waals surface area (Å²) < 4.78 is 0. The SMILES string of the molecule is CN=C1C=CC(=O)c2c(NC(C)C)ccc(O)c21. The van der Waals surface area contributed by atoms with E-state index in [0.717, 1.165) is 5.69 Å². The first-order valence-electron chi connectivity index (χ1n) is 5.86. The highest BCUT2D eigenvalue weighted by Crippen LogP contribution is 2.32. The molecule has 0 spiro atoms. The van der Waals surface area contributed by atoms with Crippen LogP contribution in [-0.2, 0) is 0 Å². The molecule has 0 heterocycles. The quantitative estimate of drug-likeness (QED) is 0.785. The molecule has 0 saturated heterocycles. The number of aromatic hydroxyl groups is 1. The number of hydrogen-bond donors (Lipinski definition) is 2. The number of anilines is 1. The zero-order valence-corrected chi connectivity index (χ0v) is 10.7. The summed E-state index contributed by atoms with van der Waals surface area (Å²) in [7, 11) is 1.64. The van der Waals surface area contributed by atoms with E-state index in [2.05, 4.69) is 10.3 Å². The van der Waals surface area contributed by atoms with Gasteiger partial charge in [0.2, 0.25) is 0 Å². The molecule has 4 heteroatoms. The molecule has 0 saturated carbocycles. The van der Waals surface area contributed by atoms with Gasteiger partial charge in [0.25, 0.3) is 0 Å². The van der Waals surface area contributed by atoms with Crippen LogP contribution in [0.4, 0.5) is 5.69 Å². The van der Waals surface area contributed by atoms with Crippen molar-refractivity contribution in [2.24, 2.45) is 4.99 Å². The Bertz CT molecular complexity index is 557. The van der Waals surface area contributed by atoms with Crippen molar-refractivity contribution in [3.05, 3.63) is 35.4 Å². The summed E-state index contributed by atoms with van der Waals surface area (Å²) in [6, 6.07) is 3.51. The van der Waals surface area contributed by atoms with E-state index in [0.29, 0.717) is 16.8 Å². The summed E-state index contributed by atoms with van der Waals surface area (Å²) in [5.41, 5.74) is 2.35. The second-order valence-electron chi connectivity index (χ2n) is 4.49. The van der Waals surface area contributed by atoms with Gasteiger partial charge in [0, 0.05) is 18.8 Å². The predicted octanol–water partition coefficient (Wildman–Crippen LogP) is 2.38. The lowest BCUT2D eigenvalue weighted by Crippen LogP contribution is -2.18. The fourth-order valence-electron chi connectivity index (χ4n) is 2.05. The summed E-state index contributed by atoms with van der Waals surface area (Å²) in [6.07, 6.45) is 3.11. The van der Waals surface area contributed by atoms with E-state index in [1.54, 1.807) is 25.3 Å². The van der Waals surface area contributed by atoms with Crippen LogP contribution in [0, 0.1) is 0 Å². The lowest BCUT2D eigenvalue weighted by Gasteiger charge is -2.20. The minimum Gasteiger partial charge on any atom is -0.507 e. The Morgan fingerprint density at radius 3 is 2.56 bits per heavy atom. The maximum absolute atomic E-state index is 12.0. The maximum atomic E-state index is 12.0. The number of carbonyl (C=O) groups is 1. The molecule has 0 amide bonds. The van der Waals surface area contributed by atoms with E-state index < -0.39 is 0 Å². The fraction of sp³-hybridized carbons (Fsp3) is 0.286. The first-order valence-corrected chi connectivity index (χ1v) is 5.86. The van der Waals surface area contributed by atoms with Crippen molar-refractivity contribution in [2.45, 2.75) is 19.9 Å². The maximum Gasteiger partial charge on any atom is 0.188 e. The largest absolute Gasteiger partial charge is 0.507 e. The average Bonchev–Trinajstić information content (AvgIpc) is 2.32. The Morgan fingerprint density at radius 1 is 1.22 bits per heavy atom. The van der Waals surface area contributed by atoms with E-state index in [1.807, 2.05) is 13.8 Å². The molecule has 0 aromatic heterocycles.